The van der Waals surface area contributed by atoms with Gasteiger partial charge in [0, 0.05) is 30.4 Å². The van der Waals surface area contributed by atoms with Crippen molar-refractivity contribution in [3.05, 3.63) is 77.9 Å². The van der Waals surface area contributed by atoms with Crippen molar-refractivity contribution in [2.45, 2.75) is 51.4 Å². The fourth-order valence-electron chi connectivity index (χ4n) is 5.74. The van der Waals surface area contributed by atoms with Crippen molar-refractivity contribution >= 4 is 11.7 Å². The first-order chi connectivity index (χ1) is 18.5. The van der Waals surface area contributed by atoms with E-state index >= 15 is 0 Å². The van der Waals surface area contributed by atoms with Crippen LogP contribution in [0.15, 0.2) is 66.7 Å². The molecule has 1 atom stereocenters. The molecule has 1 aliphatic carbocycles. The van der Waals surface area contributed by atoms with E-state index in [0.717, 1.165) is 62.3 Å². The highest BCUT2D eigenvalue weighted by atomic mass is 16.5. The highest BCUT2D eigenvalue weighted by molar-refractivity contribution is 5.80. The third kappa shape index (κ3) is 6.32. The lowest BCUT2D eigenvalue weighted by Crippen LogP contribution is -2.35. The standard InChI is InChI=1S/C33H39NO4/c1-3-23-6-4-7-26(18-23)30-13-12-28(37-2)20-32(30)34-16-14-24(15-17-34)22-38-29-9-5-8-27(19-29)31(21-33(35)36)25-10-11-25/h4-9,12-13,18-20,24-25,31H,3,10-11,14-17,21-22H2,1-2H3,(H,35,36)/t31-/m0/s1. The molecule has 5 nitrogen and oxygen atoms in total. The molecule has 1 saturated heterocycles. The number of hydrogen-bond acceptors (Lipinski definition) is 4. The molecule has 1 N–H and O–H groups in total. The molecule has 0 radical (unpaired) electrons. The molecule has 5 rings (SSSR count). The Morgan fingerprint density at radius 2 is 1.76 bits per heavy atom. The van der Waals surface area contributed by atoms with E-state index in [9.17, 15) is 9.90 Å². The Kier molecular flexibility index (Phi) is 8.21. The molecule has 0 unspecified atom stereocenters. The van der Waals surface area contributed by atoms with Crippen LogP contribution in [0.2, 0.25) is 0 Å². The van der Waals surface area contributed by atoms with Gasteiger partial charge in [-0.15, -0.1) is 0 Å². The van der Waals surface area contributed by atoms with E-state index in [0.29, 0.717) is 18.4 Å². The number of carboxylic acid groups (broad SMARTS) is 1. The minimum atomic E-state index is -0.725. The highest BCUT2D eigenvalue weighted by Crippen LogP contribution is 2.45. The molecular weight excluding hydrogens is 474 g/mol. The molecule has 2 aliphatic rings. The number of benzene rings is 3. The lowest BCUT2D eigenvalue weighted by atomic mass is 9.91. The Morgan fingerprint density at radius 3 is 2.47 bits per heavy atom. The van der Waals surface area contributed by atoms with Gasteiger partial charge in [-0.2, -0.15) is 0 Å². The van der Waals surface area contributed by atoms with Crippen molar-refractivity contribution in [1.29, 1.82) is 0 Å². The molecule has 1 heterocycles. The average molecular weight is 514 g/mol. The molecule has 0 spiro atoms. The number of nitrogens with zero attached hydrogens (tertiary/aromatic N) is 1. The molecule has 0 amide bonds. The third-order valence-corrected chi connectivity index (χ3v) is 8.16. The van der Waals surface area contributed by atoms with E-state index in [-0.39, 0.29) is 12.3 Å². The summed E-state index contributed by atoms with van der Waals surface area (Å²) in [5.74, 6) is 2.09. The van der Waals surface area contributed by atoms with Crippen LogP contribution in [-0.4, -0.2) is 37.9 Å². The normalized spacial score (nSPS) is 16.7. The maximum Gasteiger partial charge on any atom is 0.303 e. The number of methoxy groups -OCH3 is 1. The molecule has 0 bridgehead atoms. The van der Waals surface area contributed by atoms with Crippen LogP contribution in [-0.2, 0) is 11.2 Å². The summed E-state index contributed by atoms with van der Waals surface area (Å²) in [6, 6.07) is 23.4. The number of hydrogen-bond donors (Lipinski definition) is 1. The maximum atomic E-state index is 11.4. The van der Waals surface area contributed by atoms with Crippen LogP contribution in [0.1, 0.15) is 56.1 Å². The second kappa shape index (κ2) is 11.9. The average Bonchev–Trinajstić information content (AvgIpc) is 3.80. The molecule has 1 saturated carbocycles. The van der Waals surface area contributed by atoms with Crippen molar-refractivity contribution in [2.24, 2.45) is 11.8 Å². The molecule has 3 aromatic carbocycles. The second-order valence-corrected chi connectivity index (χ2v) is 10.8. The number of piperidine rings is 1. The summed E-state index contributed by atoms with van der Waals surface area (Å²) in [7, 11) is 1.73. The first kappa shape index (κ1) is 26.1. The molecule has 0 aromatic heterocycles. The lowest BCUT2D eigenvalue weighted by molar-refractivity contribution is -0.137. The van der Waals surface area contributed by atoms with Gasteiger partial charge in [-0.1, -0.05) is 43.3 Å². The van der Waals surface area contributed by atoms with E-state index in [2.05, 4.69) is 66.4 Å². The second-order valence-electron chi connectivity index (χ2n) is 10.8. The number of ether oxygens (including phenoxy) is 2. The van der Waals surface area contributed by atoms with Crippen molar-refractivity contribution < 1.29 is 19.4 Å². The zero-order chi connectivity index (χ0) is 26.5. The van der Waals surface area contributed by atoms with Crippen LogP contribution < -0.4 is 14.4 Å². The van der Waals surface area contributed by atoms with Gasteiger partial charge in [-0.25, -0.2) is 0 Å². The van der Waals surface area contributed by atoms with Crippen molar-refractivity contribution in [1.82, 2.24) is 0 Å². The minimum Gasteiger partial charge on any atom is -0.497 e. The fraction of sp³-hybridized carbons (Fsp3) is 0.424. The Balaban J connectivity index is 1.23. The zero-order valence-corrected chi connectivity index (χ0v) is 22.6. The zero-order valence-electron chi connectivity index (χ0n) is 22.6. The van der Waals surface area contributed by atoms with Gasteiger partial charge in [0.05, 0.1) is 20.1 Å². The maximum absolute atomic E-state index is 11.4. The van der Waals surface area contributed by atoms with Crippen LogP contribution in [0.3, 0.4) is 0 Å². The van der Waals surface area contributed by atoms with Crippen molar-refractivity contribution in [2.75, 3.05) is 31.7 Å². The van der Waals surface area contributed by atoms with Crippen molar-refractivity contribution in [3.63, 3.8) is 0 Å². The minimum absolute atomic E-state index is 0.0920. The topological polar surface area (TPSA) is 59.0 Å². The summed E-state index contributed by atoms with van der Waals surface area (Å²) in [6.45, 7) is 4.83. The quantitative estimate of drug-likeness (QED) is 0.294. The summed E-state index contributed by atoms with van der Waals surface area (Å²) in [5, 5.41) is 9.36. The summed E-state index contributed by atoms with van der Waals surface area (Å²) < 4.78 is 11.8. The van der Waals surface area contributed by atoms with E-state index in [4.69, 9.17) is 9.47 Å². The van der Waals surface area contributed by atoms with E-state index in [1.165, 1.54) is 22.4 Å². The van der Waals surface area contributed by atoms with E-state index < -0.39 is 5.97 Å². The first-order valence-electron chi connectivity index (χ1n) is 14.0. The number of aryl methyl sites for hydroxylation is 1. The summed E-state index contributed by atoms with van der Waals surface area (Å²) in [4.78, 5) is 13.9. The van der Waals surface area contributed by atoms with Crippen LogP contribution in [0, 0.1) is 11.8 Å². The highest BCUT2D eigenvalue weighted by Gasteiger charge is 2.34. The largest absolute Gasteiger partial charge is 0.497 e. The smallest absolute Gasteiger partial charge is 0.303 e. The first-order valence-corrected chi connectivity index (χ1v) is 14.0. The van der Waals surface area contributed by atoms with Gasteiger partial charge < -0.3 is 19.5 Å². The molecular formula is C33H39NO4. The number of rotatable bonds is 11. The number of anilines is 1. The molecule has 2 fully saturated rings. The predicted octanol–water partition coefficient (Wildman–Crippen LogP) is 7.19. The molecule has 38 heavy (non-hydrogen) atoms. The molecule has 1 aliphatic heterocycles. The van der Waals surface area contributed by atoms with Gasteiger partial charge in [0.15, 0.2) is 0 Å². The van der Waals surface area contributed by atoms with Crippen LogP contribution in [0.5, 0.6) is 11.5 Å². The summed E-state index contributed by atoms with van der Waals surface area (Å²) >= 11 is 0. The molecule has 3 aromatic rings. The van der Waals surface area contributed by atoms with Crippen LogP contribution in [0.4, 0.5) is 5.69 Å². The monoisotopic (exact) mass is 513 g/mol. The van der Waals surface area contributed by atoms with Crippen molar-refractivity contribution in [3.8, 4) is 22.6 Å². The number of carboxylic acids is 1. The van der Waals surface area contributed by atoms with Gasteiger partial charge in [0.25, 0.3) is 0 Å². The predicted molar refractivity (Wildman–Crippen MR) is 152 cm³/mol. The summed E-state index contributed by atoms with van der Waals surface area (Å²) in [6.07, 6.45) is 5.60. The third-order valence-electron chi connectivity index (χ3n) is 8.16. The lowest BCUT2D eigenvalue weighted by Gasteiger charge is -2.35. The summed E-state index contributed by atoms with van der Waals surface area (Å²) in [5.41, 5.74) is 6.17. The van der Waals surface area contributed by atoms with Crippen LogP contribution in [0.25, 0.3) is 11.1 Å². The van der Waals surface area contributed by atoms with Gasteiger partial charge in [-0.3, -0.25) is 4.79 Å². The Morgan fingerprint density at radius 1 is 0.974 bits per heavy atom. The van der Waals surface area contributed by atoms with E-state index in [1.54, 1.807) is 7.11 Å². The fourth-order valence-corrected chi connectivity index (χ4v) is 5.74. The van der Waals surface area contributed by atoms with Crippen LogP contribution >= 0.6 is 0 Å². The Hall–Kier alpha value is -3.47. The number of carbonyl (C=O) groups is 1. The Labute approximate surface area is 226 Å². The Bertz CT molecular complexity index is 1240. The molecule has 200 valence electrons. The number of aliphatic carboxylic acids is 1. The van der Waals surface area contributed by atoms with E-state index in [1.807, 2.05) is 12.1 Å². The van der Waals surface area contributed by atoms with Gasteiger partial charge in [0.2, 0.25) is 0 Å². The molecule has 5 heteroatoms. The van der Waals surface area contributed by atoms with Gasteiger partial charge >= 0.3 is 5.97 Å². The SMILES string of the molecule is CCc1cccc(-c2ccc(OC)cc2N2CCC(COc3cccc([C@@H](CC(=O)O)C4CC4)c3)CC2)c1. The van der Waals surface area contributed by atoms with Gasteiger partial charge in [-0.05, 0) is 90.8 Å². The van der Waals surface area contributed by atoms with Gasteiger partial charge in [0.1, 0.15) is 11.5 Å².